The van der Waals surface area contributed by atoms with Gasteiger partial charge in [-0.1, -0.05) is 48.5 Å². The van der Waals surface area contributed by atoms with Crippen molar-refractivity contribution in [2.45, 2.75) is 18.5 Å². The van der Waals surface area contributed by atoms with Gasteiger partial charge in [0, 0.05) is 18.3 Å². The number of nitrogens with zero attached hydrogens (tertiary/aromatic N) is 1. The van der Waals surface area contributed by atoms with Crippen molar-refractivity contribution in [3.8, 4) is 0 Å². The molecule has 1 aliphatic rings. The maximum absolute atomic E-state index is 6.15. The second-order valence-electron chi connectivity index (χ2n) is 4.91. The summed E-state index contributed by atoms with van der Waals surface area (Å²) < 4.78 is 0. The Balaban J connectivity index is 1.93. The Bertz CT molecular complexity index is 448. The summed E-state index contributed by atoms with van der Waals surface area (Å²) >= 11 is 0. The first kappa shape index (κ1) is 11.3. The lowest BCUT2D eigenvalue weighted by Gasteiger charge is -2.27. The van der Waals surface area contributed by atoms with Gasteiger partial charge >= 0.3 is 0 Å². The molecule has 0 spiro atoms. The van der Waals surface area contributed by atoms with Gasteiger partial charge in [-0.05, 0) is 24.1 Å². The van der Waals surface area contributed by atoms with E-state index in [0.29, 0.717) is 6.04 Å². The van der Waals surface area contributed by atoms with Crippen LogP contribution in [-0.2, 0) is 0 Å². The van der Waals surface area contributed by atoms with E-state index in [4.69, 9.17) is 5.73 Å². The fourth-order valence-electron chi connectivity index (χ4n) is 2.76. The molecule has 2 aromatic carbocycles. The van der Waals surface area contributed by atoms with Gasteiger partial charge < -0.3 is 10.6 Å². The molecule has 2 aromatic rings. The number of hydrogen-bond donors (Lipinski definition) is 1. The number of benzene rings is 2. The summed E-state index contributed by atoms with van der Waals surface area (Å²) in [5.41, 5.74) is 8.77. The van der Waals surface area contributed by atoms with E-state index in [9.17, 15) is 0 Å². The number of para-hydroxylation sites is 1. The first-order valence-corrected chi connectivity index (χ1v) is 6.47. The van der Waals surface area contributed by atoms with Crippen molar-refractivity contribution in [3.05, 3.63) is 66.2 Å². The van der Waals surface area contributed by atoms with Gasteiger partial charge in [0.25, 0.3) is 0 Å². The van der Waals surface area contributed by atoms with Crippen LogP contribution in [0.25, 0.3) is 0 Å². The number of anilines is 1. The molecule has 1 aliphatic heterocycles. The van der Waals surface area contributed by atoms with E-state index in [0.717, 1.165) is 13.0 Å². The minimum absolute atomic E-state index is 0.260. The number of hydrogen-bond acceptors (Lipinski definition) is 2. The van der Waals surface area contributed by atoms with Crippen molar-refractivity contribution in [1.29, 1.82) is 0 Å². The molecule has 0 aromatic heterocycles. The highest BCUT2D eigenvalue weighted by Gasteiger charge is 2.30. The molecule has 3 rings (SSSR count). The minimum atomic E-state index is 0.260. The summed E-state index contributed by atoms with van der Waals surface area (Å²) in [6.45, 7) is 0.934. The van der Waals surface area contributed by atoms with Gasteiger partial charge in [0.15, 0.2) is 0 Å². The van der Waals surface area contributed by atoms with Gasteiger partial charge in [-0.25, -0.2) is 0 Å². The molecule has 2 heteroatoms. The maximum atomic E-state index is 6.15. The molecule has 0 saturated carbocycles. The Morgan fingerprint density at radius 3 is 2.17 bits per heavy atom. The average molecular weight is 238 g/mol. The summed E-state index contributed by atoms with van der Waals surface area (Å²) in [4.78, 5) is 2.42. The highest BCUT2D eigenvalue weighted by Crippen LogP contribution is 2.35. The van der Waals surface area contributed by atoms with E-state index in [2.05, 4.69) is 65.6 Å². The Hall–Kier alpha value is -1.80. The molecule has 2 N–H and O–H groups in total. The summed E-state index contributed by atoms with van der Waals surface area (Å²) in [5.74, 6) is 0. The molecule has 18 heavy (non-hydrogen) atoms. The van der Waals surface area contributed by atoms with E-state index in [1.807, 2.05) is 0 Å². The monoisotopic (exact) mass is 238 g/mol. The van der Waals surface area contributed by atoms with Crippen LogP contribution < -0.4 is 10.6 Å². The minimum Gasteiger partial charge on any atom is -0.363 e. The fraction of sp³-hybridized carbons (Fsp3) is 0.250. The van der Waals surface area contributed by atoms with Crippen molar-refractivity contribution >= 4 is 5.69 Å². The van der Waals surface area contributed by atoms with Gasteiger partial charge in [-0.3, -0.25) is 0 Å². The van der Waals surface area contributed by atoms with E-state index in [1.165, 1.54) is 11.3 Å². The van der Waals surface area contributed by atoms with Gasteiger partial charge in [-0.15, -0.1) is 0 Å². The third-order valence-corrected chi connectivity index (χ3v) is 3.61. The standard InChI is InChI=1S/C16H18N2/c17-14-11-16(13-7-3-1-4-8-13)18(12-14)15-9-5-2-6-10-15/h1-10,14,16H,11-12,17H2/t14-,16-/m1/s1. The molecule has 1 fully saturated rings. The molecule has 92 valence electrons. The van der Waals surface area contributed by atoms with E-state index >= 15 is 0 Å². The normalized spacial score (nSPS) is 23.3. The maximum Gasteiger partial charge on any atom is 0.0558 e. The third-order valence-electron chi connectivity index (χ3n) is 3.61. The van der Waals surface area contributed by atoms with E-state index in [-0.39, 0.29) is 6.04 Å². The van der Waals surface area contributed by atoms with Crippen LogP contribution in [0, 0.1) is 0 Å². The Kier molecular flexibility index (Phi) is 3.03. The van der Waals surface area contributed by atoms with Gasteiger partial charge in [0.2, 0.25) is 0 Å². The lowest BCUT2D eigenvalue weighted by atomic mass is 10.0. The molecular weight excluding hydrogens is 220 g/mol. The Labute approximate surface area is 108 Å². The van der Waals surface area contributed by atoms with Gasteiger partial charge in [0.1, 0.15) is 0 Å². The summed E-state index contributed by atoms with van der Waals surface area (Å²) in [7, 11) is 0. The Morgan fingerprint density at radius 1 is 0.889 bits per heavy atom. The van der Waals surface area contributed by atoms with Crippen LogP contribution in [0.4, 0.5) is 5.69 Å². The van der Waals surface area contributed by atoms with Crippen molar-refractivity contribution in [3.63, 3.8) is 0 Å². The smallest absolute Gasteiger partial charge is 0.0558 e. The lowest BCUT2D eigenvalue weighted by molar-refractivity contribution is 0.679. The van der Waals surface area contributed by atoms with Crippen LogP contribution in [0.1, 0.15) is 18.0 Å². The highest BCUT2D eigenvalue weighted by molar-refractivity contribution is 5.50. The molecular formula is C16H18N2. The molecule has 2 atom stereocenters. The van der Waals surface area contributed by atoms with Crippen molar-refractivity contribution in [2.75, 3.05) is 11.4 Å². The van der Waals surface area contributed by atoms with Crippen LogP contribution in [0.15, 0.2) is 60.7 Å². The predicted molar refractivity (Wildman–Crippen MR) is 75.6 cm³/mol. The second kappa shape index (κ2) is 4.83. The second-order valence-corrected chi connectivity index (χ2v) is 4.91. The molecule has 0 amide bonds. The zero-order valence-corrected chi connectivity index (χ0v) is 10.4. The first-order chi connectivity index (χ1) is 8.84. The molecule has 0 unspecified atom stereocenters. The topological polar surface area (TPSA) is 29.3 Å². The summed E-state index contributed by atoms with van der Waals surface area (Å²) in [6, 6.07) is 21.9. The van der Waals surface area contributed by atoms with Crippen molar-refractivity contribution in [1.82, 2.24) is 0 Å². The van der Waals surface area contributed by atoms with Crippen LogP contribution in [0.3, 0.4) is 0 Å². The molecule has 1 heterocycles. The first-order valence-electron chi connectivity index (χ1n) is 6.47. The fourth-order valence-corrected chi connectivity index (χ4v) is 2.76. The molecule has 0 bridgehead atoms. The molecule has 2 nitrogen and oxygen atoms in total. The van der Waals surface area contributed by atoms with Crippen LogP contribution in [-0.4, -0.2) is 12.6 Å². The quantitative estimate of drug-likeness (QED) is 0.871. The van der Waals surface area contributed by atoms with Crippen molar-refractivity contribution < 1.29 is 0 Å². The zero-order chi connectivity index (χ0) is 12.4. The number of nitrogens with two attached hydrogens (primary N) is 1. The molecule has 0 radical (unpaired) electrons. The van der Waals surface area contributed by atoms with Crippen LogP contribution in [0.5, 0.6) is 0 Å². The highest BCUT2D eigenvalue weighted by atomic mass is 15.2. The summed E-state index contributed by atoms with van der Waals surface area (Å²) in [5, 5.41) is 0. The Morgan fingerprint density at radius 2 is 1.50 bits per heavy atom. The van der Waals surface area contributed by atoms with Crippen LogP contribution in [0.2, 0.25) is 0 Å². The summed E-state index contributed by atoms with van der Waals surface area (Å²) in [6.07, 6.45) is 1.03. The largest absolute Gasteiger partial charge is 0.363 e. The van der Waals surface area contributed by atoms with Crippen LogP contribution >= 0.6 is 0 Å². The average Bonchev–Trinajstić information content (AvgIpc) is 2.83. The lowest BCUT2D eigenvalue weighted by Crippen LogP contribution is -2.27. The van der Waals surface area contributed by atoms with E-state index < -0.39 is 0 Å². The zero-order valence-electron chi connectivity index (χ0n) is 10.4. The number of rotatable bonds is 2. The van der Waals surface area contributed by atoms with Crippen molar-refractivity contribution in [2.24, 2.45) is 5.73 Å². The molecule has 1 saturated heterocycles. The molecule has 0 aliphatic carbocycles. The third kappa shape index (κ3) is 2.12. The SMILES string of the molecule is N[C@@H]1C[C@H](c2ccccc2)N(c2ccccc2)C1. The van der Waals surface area contributed by atoms with Gasteiger partial charge in [-0.2, -0.15) is 0 Å². The van der Waals surface area contributed by atoms with Gasteiger partial charge in [0.05, 0.1) is 6.04 Å². The van der Waals surface area contributed by atoms with E-state index in [1.54, 1.807) is 0 Å². The predicted octanol–water partition coefficient (Wildman–Crippen LogP) is 2.97.